The molecule has 0 aromatic heterocycles. The molecule has 0 rings (SSSR count). The Labute approximate surface area is 92.0 Å². The zero-order valence-corrected chi connectivity index (χ0v) is 9.95. The van der Waals surface area contributed by atoms with Gasteiger partial charge in [-0.1, -0.05) is 13.3 Å². The van der Waals surface area contributed by atoms with Crippen LogP contribution in [-0.2, 0) is 9.53 Å². The van der Waals surface area contributed by atoms with Gasteiger partial charge in [-0.25, -0.2) is 0 Å². The summed E-state index contributed by atoms with van der Waals surface area (Å²) < 4.78 is 4.58. The fourth-order valence-electron chi connectivity index (χ4n) is 1.41. The van der Waals surface area contributed by atoms with Crippen LogP contribution in [0.1, 0.15) is 33.1 Å². The van der Waals surface area contributed by atoms with Gasteiger partial charge in [-0.2, -0.15) is 0 Å². The second-order valence-electron chi connectivity index (χ2n) is 3.88. The van der Waals surface area contributed by atoms with Crippen LogP contribution in [0.3, 0.4) is 0 Å². The van der Waals surface area contributed by atoms with E-state index in [1.54, 1.807) is 0 Å². The smallest absolute Gasteiger partial charge is 0.307 e. The van der Waals surface area contributed by atoms with Crippen LogP contribution < -0.4 is 5.32 Å². The van der Waals surface area contributed by atoms with Crippen LogP contribution in [0.2, 0.25) is 0 Å². The van der Waals surface area contributed by atoms with E-state index in [9.17, 15) is 4.79 Å². The minimum absolute atomic E-state index is 0.130. The van der Waals surface area contributed by atoms with Crippen LogP contribution in [-0.4, -0.2) is 37.4 Å². The van der Waals surface area contributed by atoms with Crippen molar-refractivity contribution in [2.75, 3.05) is 20.3 Å². The molecule has 0 aromatic carbocycles. The van der Waals surface area contributed by atoms with Gasteiger partial charge in [0.05, 0.1) is 13.5 Å². The largest absolute Gasteiger partial charge is 0.469 e. The summed E-state index contributed by atoms with van der Waals surface area (Å²) in [5.41, 5.74) is 0. The predicted molar refractivity (Wildman–Crippen MR) is 59.6 cm³/mol. The van der Waals surface area contributed by atoms with Crippen LogP contribution in [0.15, 0.2) is 0 Å². The molecular weight excluding hydrogens is 194 g/mol. The van der Waals surface area contributed by atoms with Crippen molar-refractivity contribution in [2.24, 2.45) is 5.92 Å². The number of aliphatic hydroxyl groups is 1. The van der Waals surface area contributed by atoms with Crippen molar-refractivity contribution in [3.05, 3.63) is 0 Å². The average Bonchev–Trinajstić information content (AvgIpc) is 2.23. The van der Waals surface area contributed by atoms with Crippen molar-refractivity contribution in [1.29, 1.82) is 0 Å². The highest BCUT2D eigenvalue weighted by Crippen LogP contribution is 2.06. The molecule has 4 heteroatoms. The first-order valence-corrected chi connectivity index (χ1v) is 5.55. The van der Waals surface area contributed by atoms with Crippen LogP contribution in [0.5, 0.6) is 0 Å². The van der Waals surface area contributed by atoms with Crippen LogP contribution >= 0.6 is 0 Å². The first-order chi connectivity index (χ1) is 7.13. The van der Waals surface area contributed by atoms with Gasteiger partial charge < -0.3 is 15.2 Å². The Morgan fingerprint density at radius 2 is 2.20 bits per heavy atom. The Balaban J connectivity index is 3.67. The molecule has 2 atom stereocenters. The second kappa shape index (κ2) is 8.68. The fourth-order valence-corrected chi connectivity index (χ4v) is 1.41. The van der Waals surface area contributed by atoms with Gasteiger partial charge in [0.25, 0.3) is 0 Å². The molecule has 0 saturated carbocycles. The number of ether oxygens (including phenoxy) is 1. The number of esters is 1. The number of carbonyl (C=O) groups excluding carboxylic acids is 1. The van der Waals surface area contributed by atoms with Crippen molar-refractivity contribution in [3.8, 4) is 0 Å². The predicted octanol–water partition coefficient (Wildman–Crippen LogP) is 0.936. The third kappa shape index (κ3) is 7.33. The van der Waals surface area contributed by atoms with E-state index in [1.807, 2.05) is 6.92 Å². The number of hydrogen-bond acceptors (Lipinski definition) is 4. The van der Waals surface area contributed by atoms with E-state index < -0.39 is 0 Å². The maximum atomic E-state index is 11.0. The highest BCUT2D eigenvalue weighted by Gasteiger charge is 2.11. The summed E-state index contributed by atoms with van der Waals surface area (Å²) in [4.78, 5) is 11.0. The summed E-state index contributed by atoms with van der Waals surface area (Å²) in [5.74, 6) is 0.292. The number of nitrogens with one attached hydrogen (secondary N) is 1. The lowest BCUT2D eigenvalue weighted by atomic mass is 10.0. The molecule has 4 nitrogen and oxygen atoms in total. The van der Waals surface area contributed by atoms with Crippen molar-refractivity contribution in [2.45, 2.75) is 39.2 Å². The minimum Gasteiger partial charge on any atom is -0.469 e. The van der Waals surface area contributed by atoms with E-state index in [0.29, 0.717) is 12.3 Å². The summed E-state index contributed by atoms with van der Waals surface area (Å²) in [7, 11) is 1.40. The van der Waals surface area contributed by atoms with E-state index in [4.69, 9.17) is 5.11 Å². The van der Waals surface area contributed by atoms with Gasteiger partial charge >= 0.3 is 5.97 Å². The van der Waals surface area contributed by atoms with Crippen molar-refractivity contribution < 1.29 is 14.6 Å². The molecule has 0 aromatic rings. The Morgan fingerprint density at radius 3 is 2.67 bits per heavy atom. The number of methoxy groups -OCH3 is 1. The van der Waals surface area contributed by atoms with Gasteiger partial charge in [-0.05, 0) is 25.8 Å². The fraction of sp³-hybridized carbons (Fsp3) is 0.909. The van der Waals surface area contributed by atoms with Crippen LogP contribution in [0, 0.1) is 5.92 Å². The van der Waals surface area contributed by atoms with Gasteiger partial charge in [0.15, 0.2) is 0 Å². The lowest BCUT2D eigenvalue weighted by molar-refractivity contribution is -0.141. The minimum atomic E-state index is -0.190. The normalized spacial score (nSPS) is 14.7. The van der Waals surface area contributed by atoms with E-state index in [0.717, 1.165) is 19.4 Å². The van der Waals surface area contributed by atoms with Crippen molar-refractivity contribution in [1.82, 2.24) is 5.32 Å². The molecule has 0 aliphatic carbocycles. The summed E-state index contributed by atoms with van der Waals surface area (Å²) in [5, 5.41) is 12.1. The topological polar surface area (TPSA) is 58.6 Å². The summed E-state index contributed by atoms with van der Waals surface area (Å²) in [6.45, 7) is 5.14. The average molecular weight is 217 g/mol. The monoisotopic (exact) mass is 217 g/mol. The molecule has 0 bridgehead atoms. The molecular formula is C11H23NO3. The third-order valence-corrected chi connectivity index (χ3v) is 2.57. The SMILES string of the molecule is CCC(CCO)CNC(C)CC(=O)OC. The Bertz CT molecular complexity index is 173. The third-order valence-electron chi connectivity index (χ3n) is 2.57. The lowest BCUT2D eigenvalue weighted by Gasteiger charge is -2.18. The Hall–Kier alpha value is -0.610. The van der Waals surface area contributed by atoms with E-state index in [1.165, 1.54) is 7.11 Å². The Morgan fingerprint density at radius 1 is 1.53 bits per heavy atom. The first-order valence-electron chi connectivity index (χ1n) is 5.55. The zero-order valence-electron chi connectivity index (χ0n) is 9.95. The quantitative estimate of drug-likeness (QED) is 0.594. The Kier molecular flexibility index (Phi) is 8.33. The molecule has 0 spiro atoms. The van der Waals surface area contributed by atoms with Crippen molar-refractivity contribution >= 4 is 5.97 Å². The van der Waals surface area contributed by atoms with Gasteiger partial charge in [-0.15, -0.1) is 0 Å². The highest BCUT2D eigenvalue weighted by atomic mass is 16.5. The standard InChI is InChI=1S/C11H23NO3/c1-4-10(5-6-13)8-12-9(2)7-11(14)15-3/h9-10,12-13H,4-8H2,1-3H3. The summed E-state index contributed by atoms with van der Waals surface area (Å²) in [6, 6.07) is 0.130. The molecule has 90 valence electrons. The number of carbonyl (C=O) groups is 1. The van der Waals surface area contributed by atoms with E-state index >= 15 is 0 Å². The second-order valence-corrected chi connectivity index (χ2v) is 3.88. The van der Waals surface area contributed by atoms with Crippen molar-refractivity contribution in [3.63, 3.8) is 0 Å². The maximum absolute atomic E-state index is 11.0. The molecule has 0 radical (unpaired) electrons. The van der Waals surface area contributed by atoms with E-state index in [2.05, 4.69) is 17.0 Å². The highest BCUT2D eigenvalue weighted by molar-refractivity contribution is 5.69. The summed E-state index contributed by atoms with van der Waals surface area (Å²) >= 11 is 0. The van der Waals surface area contributed by atoms with Gasteiger partial charge in [0.1, 0.15) is 0 Å². The molecule has 0 fully saturated rings. The first kappa shape index (κ1) is 14.4. The molecule has 0 aliphatic rings. The van der Waals surface area contributed by atoms with Crippen LogP contribution in [0.4, 0.5) is 0 Å². The van der Waals surface area contributed by atoms with Gasteiger partial charge in [0.2, 0.25) is 0 Å². The zero-order chi connectivity index (χ0) is 11.7. The van der Waals surface area contributed by atoms with Gasteiger partial charge in [-0.3, -0.25) is 4.79 Å². The molecule has 0 saturated heterocycles. The molecule has 0 heterocycles. The van der Waals surface area contributed by atoms with Crippen LogP contribution in [0.25, 0.3) is 0 Å². The number of aliphatic hydroxyl groups excluding tert-OH is 1. The van der Waals surface area contributed by atoms with E-state index in [-0.39, 0.29) is 18.6 Å². The van der Waals surface area contributed by atoms with Gasteiger partial charge in [0, 0.05) is 12.6 Å². The number of rotatable bonds is 8. The molecule has 15 heavy (non-hydrogen) atoms. The molecule has 2 N–H and O–H groups in total. The lowest BCUT2D eigenvalue weighted by Crippen LogP contribution is -2.33. The summed E-state index contributed by atoms with van der Waals surface area (Å²) in [6.07, 6.45) is 2.25. The molecule has 0 amide bonds. The molecule has 0 aliphatic heterocycles. The number of hydrogen-bond donors (Lipinski definition) is 2. The maximum Gasteiger partial charge on any atom is 0.307 e. The molecule has 2 unspecified atom stereocenters.